The summed E-state index contributed by atoms with van der Waals surface area (Å²) in [6, 6.07) is 86.9. The molecule has 14 aromatic rings. The first-order chi connectivity index (χ1) is 41.6. The van der Waals surface area contributed by atoms with Gasteiger partial charge in [-0.25, -0.2) is 0 Å². The van der Waals surface area contributed by atoms with Gasteiger partial charge in [0.1, 0.15) is 0 Å². The summed E-state index contributed by atoms with van der Waals surface area (Å²) < 4.78 is 0. The summed E-state index contributed by atoms with van der Waals surface area (Å²) in [4.78, 5) is 0. The van der Waals surface area contributed by atoms with E-state index in [0.29, 0.717) is 0 Å². The summed E-state index contributed by atoms with van der Waals surface area (Å²) in [7, 11) is 0. The Morgan fingerprint density at radius 1 is 0.226 bits per heavy atom. The molecule has 1 unspecified atom stereocenters. The average molecular weight is 1060 g/mol. The fourth-order valence-corrected chi connectivity index (χ4v) is 18.9. The average Bonchev–Trinajstić information content (AvgIpc) is 1.44. The summed E-state index contributed by atoms with van der Waals surface area (Å²) >= 11 is 0. The van der Waals surface area contributed by atoms with Crippen molar-refractivity contribution in [1.82, 2.24) is 0 Å². The molecule has 0 aromatic heterocycles. The zero-order valence-corrected chi connectivity index (χ0v) is 47.0. The number of unbranched alkanes of at least 4 members (excludes halogenated alkanes) is 2. The second kappa shape index (κ2) is 15.3. The van der Waals surface area contributed by atoms with Crippen LogP contribution in [-0.2, 0) is 10.8 Å². The van der Waals surface area contributed by atoms with Gasteiger partial charge in [0.15, 0.2) is 0 Å². The highest BCUT2D eigenvalue weighted by atomic mass is 14.7. The van der Waals surface area contributed by atoms with E-state index in [1.165, 1.54) is 198 Å². The second-order valence-corrected chi connectivity index (χ2v) is 25.7. The number of hydrogen-bond acceptors (Lipinski definition) is 0. The van der Waals surface area contributed by atoms with E-state index in [4.69, 9.17) is 0 Å². The monoisotopic (exact) mass is 1060 g/mol. The van der Waals surface area contributed by atoms with Gasteiger partial charge < -0.3 is 0 Å². The molecule has 84 heavy (non-hydrogen) atoms. The van der Waals surface area contributed by atoms with Gasteiger partial charge in [0.25, 0.3) is 0 Å². The Morgan fingerprint density at radius 3 is 0.714 bits per heavy atom. The standard InChI is InChI=1S/C84H54/c1-3-5-31-83-67-43-55-29-17-15-27-53(55)41-65(67)77-71-59-35-47-21-9-7-19-45(47)33-57(59)69(71)73-61-37-49-23-11-13-25-51(49)39-63(61)75(79(73)81(77)83)76-64-40-52-26-14-12-24-50(52)38-62(64)74-70-58-34-46-20-8-10-22-48(46)36-60(58)72(70)78-66-42-54-28-16-18-30-56(54)44-68(66)84(83,32-6-4-2)82(78)80(74)76/h7-30,33-44H,3-6,31-32H2,1-2H3/b76-75-/t83-,84?/m1/s1. The molecule has 0 fully saturated rings. The number of rotatable bonds is 6. The summed E-state index contributed by atoms with van der Waals surface area (Å²) in [5.74, 6) is 0. The molecular weight excluding hydrogens is 1010 g/mol. The lowest BCUT2D eigenvalue weighted by Crippen LogP contribution is -2.50. The number of fused-ring (bicyclic) bond motifs is 31. The molecule has 0 N–H and O–H groups in total. The Labute approximate surface area is 488 Å². The van der Waals surface area contributed by atoms with Crippen molar-refractivity contribution < 1.29 is 0 Å². The summed E-state index contributed by atoms with van der Waals surface area (Å²) in [5.41, 5.74) is 36.8. The van der Waals surface area contributed by atoms with Crippen LogP contribution in [0.4, 0.5) is 0 Å². The molecule has 0 spiro atoms. The molecule has 21 rings (SSSR count). The Balaban J connectivity index is 1.08. The van der Waals surface area contributed by atoms with Crippen molar-refractivity contribution in [3.8, 4) is 89.0 Å². The predicted molar refractivity (Wildman–Crippen MR) is 354 cm³/mol. The largest absolute Gasteiger partial charge is 0.0654 e. The van der Waals surface area contributed by atoms with Crippen LogP contribution in [0.15, 0.2) is 218 Å². The van der Waals surface area contributed by atoms with Crippen molar-refractivity contribution >= 4 is 75.8 Å². The molecule has 0 saturated carbocycles. The van der Waals surface area contributed by atoms with Crippen LogP contribution in [0, 0.1) is 0 Å². The van der Waals surface area contributed by atoms with Gasteiger partial charge in [-0.2, -0.15) is 0 Å². The van der Waals surface area contributed by atoms with E-state index in [1.54, 1.807) is 11.1 Å². The first kappa shape index (κ1) is 45.0. The highest BCUT2D eigenvalue weighted by molar-refractivity contribution is 6.33. The molecule has 0 radical (unpaired) electrons. The van der Waals surface area contributed by atoms with E-state index in [0.717, 1.165) is 38.5 Å². The van der Waals surface area contributed by atoms with Crippen molar-refractivity contribution in [3.05, 3.63) is 263 Å². The van der Waals surface area contributed by atoms with Crippen molar-refractivity contribution in [2.75, 3.05) is 0 Å². The zero-order valence-electron chi connectivity index (χ0n) is 47.0. The highest BCUT2D eigenvalue weighted by Gasteiger charge is 2.67. The lowest BCUT2D eigenvalue weighted by molar-refractivity contribution is 0.267. The molecule has 0 bridgehead atoms. The Kier molecular flexibility index (Phi) is 8.20. The molecule has 7 aliphatic carbocycles. The molecule has 0 heteroatoms. The molecule has 0 nitrogen and oxygen atoms in total. The minimum Gasteiger partial charge on any atom is -0.0654 e. The van der Waals surface area contributed by atoms with E-state index >= 15 is 0 Å². The van der Waals surface area contributed by atoms with E-state index in [1.807, 2.05) is 0 Å². The van der Waals surface area contributed by atoms with Gasteiger partial charge in [-0.05, 0) is 295 Å². The van der Waals surface area contributed by atoms with Crippen LogP contribution >= 0.6 is 0 Å². The molecule has 7 aliphatic rings. The first-order valence-electron chi connectivity index (χ1n) is 31.0. The lowest BCUT2D eigenvalue weighted by Gasteiger charge is -2.53. The van der Waals surface area contributed by atoms with Crippen molar-refractivity contribution in [1.29, 1.82) is 0 Å². The van der Waals surface area contributed by atoms with E-state index in [2.05, 4.69) is 232 Å². The van der Waals surface area contributed by atoms with Crippen LogP contribution in [0.3, 0.4) is 0 Å². The maximum atomic E-state index is 2.75. The van der Waals surface area contributed by atoms with Crippen LogP contribution in [0.25, 0.3) is 165 Å². The van der Waals surface area contributed by atoms with Crippen molar-refractivity contribution in [3.63, 3.8) is 0 Å². The van der Waals surface area contributed by atoms with Gasteiger partial charge in [0, 0.05) is 10.8 Å². The third kappa shape index (κ3) is 5.01. The molecule has 390 valence electrons. The van der Waals surface area contributed by atoms with Crippen LogP contribution in [-0.4, -0.2) is 0 Å². The Hall–Kier alpha value is -9.62. The van der Waals surface area contributed by atoms with Gasteiger partial charge in [-0.15, -0.1) is 0 Å². The minimum absolute atomic E-state index is 0.503. The maximum Gasteiger partial charge on any atom is 0.0359 e. The van der Waals surface area contributed by atoms with Crippen molar-refractivity contribution in [2.24, 2.45) is 0 Å². The van der Waals surface area contributed by atoms with Gasteiger partial charge in [0.05, 0.1) is 0 Å². The second-order valence-electron chi connectivity index (χ2n) is 25.7. The van der Waals surface area contributed by atoms with Crippen LogP contribution in [0.1, 0.15) is 96.9 Å². The molecular formula is C84H54. The number of hydrogen-bond donors (Lipinski definition) is 0. The molecule has 0 saturated heterocycles. The fourth-order valence-electron chi connectivity index (χ4n) is 18.9. The van der Waals surface area contributed by atoms with E-state index in [9.17, 15) is 0 Å². The SMILES string of the molecule is CCCCC12c3cc4ccccc4cc3-c3c4c(c5c(c31)/C(=C1/c3cc6ccccc6cc3-c3c1c1c(c6c3-c3cc7ccccc7cc3-6)-c3cc6ccccc6cc3[C@]12CCCC)c1cc2ccccc2cc1-5)-c1cc2ccccc2cc1-4. The zero-order chi connectivity index (χ0) is 54.6. The summed E-state index contributed by atoms with van der Waals surface area (Å²) in [6.07, 6.45) is 6.45. The normalized spacial score (nSPS) is 18.4. The Bertz CT molecular complexity index is 5240. The number of benzene rings is 14. The molecule has 2 atom stereocenters. The third-order valence-corrected chi connectivity index (χ3v) is 22.1. The summed E-state index contributed by atoms with van der Waals surface area (Å²) in [5, 5.41) is 15.7. The molecule has 14 aromatic carbocycles. The van der Waals surface area contributed by atoms with Gasteiger partial charge >= 0.3 is 0 Å². The van der Waals surface area contributed by atoms with Crippen LogP contribution < -0.4 is 0 Å². The first-order valence-corrected chi connectivity index (χ1v) is 31.0. The molecule has 0 aliphatic heterocycles. The highest BCUT2D eigenvalue weighted by Crippen LogP contribution is 2.80. The topological polar surface area (TPSA) is 0 Å². The predicted octanol–water partition coefficient (Wildman–Crippen LogP) is 22.8. The van der Waals surface area contributed by atoms with Gasteiger partial charge in [-0.3, -0.25) is 0 Å². The maximum absolute atomic E-state index is 2.75. The minimum atomic E-state index is -0.503. The Morgan fingerprint density at radius 2 is 0.440 bits per heavy atom. The van der Waals surface area contributed by atoms with Crippen molar-refractivity contribution in [2.45, 2.75) is 63.2 Å². The van der Waals surface area contributed by atoms with Gasteiger partial charge in [0.2, 0.25) is 0 Å². The smallest absolute Gasteiger partial charge is 0.0359 e. The molecule has 0 amide bonds. The third-order valence-electron chi connectivity index (χ3n) is 22.1. The molecule has 0 heterocycles. The van der Waals surface area contributed by atoms with Gasteiger partial charge in [-0.1, -0.05) is 185 Å². The van der Waals surface area contributed by atoms with Crippen LogP contribution in [0.5, 0.6) is 0 Å². The fraction of sp³-hybridized carbons (Fsp3) is 0.119. The lowest BCUT2D eigenvalue weighted by atomic mass is 9.48. The van der Waals surface area contributed by atoms with E-state index in [-0.39, 0.29) is 0 Å². The summed E-state index contributed by atoms with van der Waals surface area (Å²) in [6.45, 7) is 4.91. The van der Waals surface area contributed by atoms with E-state index < -0.39 is 10.8 Å². The van der Waals surface area contributed by atoms with Crippen LogP contribution in [0.2, 0.25) is 0 Å². The quantitative estimate of drug-likeness (QED) is 0.156.